The molecule has 16 heavy (non-hydrogen) atoms. The van der Waals surface area contributed by atoms with Gasteiger partial charge in [0.1, 0.15) is 0 Å². The van der Waals surface area contributed by atoms with Crippen LogP contribution in [0, 0.1) is 11.8 Å². The quantitative estimate of drug-likeness (QED) is 0.478. The number of hydrogen-bond donors (Lipinski definition) is 0. The lowest BCUT2D eigenvalue weighted by Crippen LogP contribution is -2.05. The van der Waals surface area contributed by atoms with E-state index in [1.807, 2.05) is 0 Å². The lowest BCUT2D eigenvalue weighted by molar-refractivity contribution is -0.137. The Morgan fingerprint density at radius 1 is 0.938 bits per heavy atom. The standard InChI is InChI=1S/C10H4F6/c11-9(12,13)5-4-7-2-1-3-8(6-7)10(14,15)16/h1-3,6H. The number of benzene rings is 1. The molecule has 0 fully saturated rings. The van der Waals surface area contributed by atoms with Gasteiger partial charge in [0.25, 0.3) is 0 Å². The normalized spacial score (nSPS) is 11.9. The number of rotatable bonds is 0. The molecule has 0 saturated carbocycles. The molecule has 0 heterocycles. The number of hydrogen-bond acceptors (Lipinski definition) is 0. The van der Waals surface area contributed by atoms with Crippen molar-refractivity contribution in [3.05, 3.63) is 35.4 Å². The van der Waals surface area contributed by atoms with E-state index in [9.17, 15) is 26.3 Å². The van der Waals surface area contributed by atoms with Crippen molar-refractivity contribution in [3.63, 3.8) is 0 Å². The molecule has 0 N–H and O–H groups in total. The molecule has 0 aromatic heterocycles. The van der Waals surface area contributed by atoms with Gasteiger partial charge in [-0.3, -0.25) is 0 Å². The molecule has 0 aliphatic carbocycles. The highest BCUT2D eigenvalue weighted by Gasteiger charge is 2.30. The van der Waals surface area contributed by atoms with Gasteiger partial charge in [0, 0.05) is 11.5 Å². The van der Waals surface area contributed by atoms with Crippen LogP contribution in [0.15, 0.2) is 24.3 Å². The Kier molecular flexibility index (Phi) is 3.17. The Bertz CT molecular complexity index is 429. The number of alkyl halides is 6. The van der Waals surface area contributed by atoms with Crippen LogP contribution in [0.25, 0.3) is 0 Å². The Balaban J connectivity index is 3.04. The summed E-state index contributed by atoms with van der Waals surface area (Å²) < 4.78 is 71.6. The Hall–Kier alpha value is -1.64. The zero-order chi connectivity index (χ0) is 12.4. The highest BCUT2D eigenvalue weighted by molar-refractivity contribution is 5.38. The summed E-state index contributed by atoms with van der Waals surface area (Å²) in [6.07, 6.45) is -9.30. The molecule has 1 aromatic rings. The molecule has 0 amide bonds. The van der Waals surface area contributed by atoms with Gasteiger partial charge in [0.2, 0.25) is 0 Å². The highest BCUT2D eigenvalue weighted by atomic mass is 19.4. The summed E-state index contributed by atoms with van der Waals surface area (Å²) in [5.41, 5.74) is -1.35. The zero-order valence-corrected chi connectivity index (χ0v) is 7.58. The second-order valence-electron chi connectivity index (χ2n) is 2.83. The Labute approximate surface area is 86.9 Å². The van der Waals surface area contributed by atoms with E-state index < -0.39 is 17.9 Å². The fourth-order valence-corrected chi connectivity index (χ4v) is 0.916. The molecule has 0 unspecified atom stereocenters. The molecule has 0 aliphatic rings. The summed E-state index contributed by atoms with van der Waals surface area (Å²) in [6.45, 7) is 0. The zero-order valence-electron chi connectivity index (χ0n) is 7.58. The van der Waals surface area contributed by atoms with E-state index in [0.717, 1.165) is 24.1 Å². The first-order valence-electron chi connectivity index (χ1n) is 3.96. The molecule has 0 aliphatic heterocycles. The molecule has 1 aromatic carbocycles. The van der Waals surface area contributed by atoms with Crippen LogP contribution in [0.5, 0.6) is 0 Å². The summed E-state index contributed by atoms with van der Waals surface area (Å²) in [7, 11) is 0. The van der Waals surface area contributed by atoms with Gasteiger partial charge in [-0.1, -0.05) is 12.0 Å². The third kappa shape index (κ3) is 3.85. The van der Waals surface area contributed by atoms with E-state index in [2.05, 4.69) is 0 Å². The van der Waals surface area contributed by atoms with Crippen molar-refractivity contribution in [1.82, 2.24) is 0 Å². The van der Waals surface area contributed by atoms with Gasteiger partial charge < -0.3 is 0 Å². The molecule has 0 nitrogen and oxygen atoms in total. The summed E-state index contributed by atoms with van der Waals surface area (Å²) in [5, 5.41) is 0. The predicted molar refractivity (Wildman–Crippen MR) is 44.4 cm³/mol. The maximum absolute atomic E-state index is 12.2. The molecule has 6 heteroatoms. The molecule has 86 valence electrons. The Morgan fingerprint density at radius 3 is 2.06 bits per heavy atom. The molecule has 0 saturated heterocycles. The molecule has 0 bridgehead atoms. The van der Waals surface area contributed by atoms with Gasteiger partial charge in [0.05, 0.1) is 5.56 Å². The SMILES string of the molecule is FC(F)(F)C#Cc1cccc(C(F)(F)F)c1. The maximum atomic E-state index is 12.2. The van der Waals surface area contributed by atoms with Crippen LogP contribution >= 0.6 is 0 Å². The maximum Gasteiger partial charge on any atom is 0.458 e. The monoisotopic (exact) mass is 238 g/mol. The largest absolute Gasteiger partial charge is 0.458 e. The second-order valence-corrected chi connectivity index (χ2v) is 2.83. The van der Waals surface area contributed by atoms with Gasteiger partial charge in [-0.05, 0) is 18.2 Å². The Morgan fingerprint density at radius 2 is 1.56 bits per heavy atom. The van der Waals surface area contributed by atoms with Crippen LogP contribution in [0.2, 0.25) is 0 Å². The summed E-state index contributed by atoms with van der Waals surface area (Å²) in [5.74, 6) is 2.52. The van der Waals surface area contributed by atoms with Crippen LogP contribution < -0.4 is 0 Å². The van der Waals surface area contributed by atoms with Crippen LogP contribution in [-0.2, 0) is 6.18 Å². The van der Waals surface area contributed by atoms with Crippen molar-refractivity contribution in [2.45, 2.75) is 12.4 Å². The van der Waals surface area contributed by atoms with Crippen molar-refractivity contribution in [3.8, 4) is 11.8 Å². The molecule has 1 rings (SSSR count). The summed E-state index contributed by atoms with van der Waals surface area (Å²) in [4.78, 5) is 0. The average molecular weight is 238 g/mol. The molecular formula is C10H4F6. The minimum atomic E-state index is -4.71. The highest BCUT2D eigenvalue weighted by Crippen LogP contribution is 2.29. The number of halogens is 6. The van der Waals surface area contributed by atoms with Crippen molar-refractivity contribution < 1.29 is 26.3 Å². The van der Waals surface area contributed by atoms with Gasteiger partial charge in [-0.2, -0.15) is 26.3 Å². The van der Waals surface area contributed by atoms with Gasteiger partial charge >= 0.3 is 12.4 Å². The first kappa shape index (κ1) is 12.4. The molecule has 0 radical (unpaired) electrons. The van der Waals surface area contributed by atoms with Crippen molar-refractivity contribution in [1.29, 1.82) is 0 Å². The predicted octanol–water partition coefficient (Wildman–Crippen LogP) is 3.62. The van der Waals surface area contributed by atoms with Gasteiger partial charge in [-0.15, -0.1) is 0 Å². The van der Waals surface area contributed by atoms with Crippen LogP contribution in [0.3, 0.4) is 0 Å². The third-order valence-corrected chi connectivity index (χ3v) is 1.54. The van der Waals surface area contributed by atoms with Gasteiger partial charge in [0.15, 0.2) is 0 Å². The van der Waals surface area contributed by atoms with Crippen LogP contribution in [0.1, 0.15) is 11.1 Å². The molecular weight excluding hydrogens is 234 g/mol. The summed E-state index contributed by atoms with van der Waals surface area (Å²) >= 11 is 0. The van der Waals surface area contributed by atoms with Crippen molar-refractivity contribution in [2.75, 3.05) is 0 Å². The lowest BCUT2D eigenvalue weighted by atomic mass is 10.1. The average Bonchev–Trinajstić information content (AvgIpc) is 2.13. The molecule has 0 atom stereocenters. The van der Waals surface area contributed by atoms with E-state index in [4.69, 9.17) is 0 Å². The van der Waals surface area contributed by atoms with Crippen molar-refractivity contribution in [2.24, 2.45) is 0 Å². The third-order valence-electron chi connectivity index (χ3n) is 1.54. The smallest absolute Gasteiger partial charge is 0.166 e. The van der Waals surface area contributed by atoms with Gasteiger partial charge in [-0.25, -0.2) is 0 Å². The fourth-order valence-electron chi connectivity index (χ4n) is 0.916. The van der Waals surface area contributed by atoms with Crippen molar-refractivity contribution >= 4 is 0 Å². The topological polar surface area (TPSA) is 0 Å². The van der Waals surface area contributed by atoms with E-state index >= 15 is 0 Å². The van der Waals surface area contributed by atoms with E-state index in [-0.39, 0.29) is 5.56 Å². The van der Waals surface area contributed by atoms with E-state index in [1.54, 1.807) is 5.92 Å². The second kappa shape index (κ2) is 4.08. The minimum Gasteiger partial charge on any atom is -0.166 e. The first-order valence-corrected chi connectivity index (χ1v) is 3.96. The molecule has 0 spiro atoms. The fraction of sp³-hybridized carbons (Fsp3) is 0.200. The van der Waals surface area contributed by atoms with E-state index in [1.165, 1.54) is 0 Å². The van der Waals surface area contributed by atoms with Crippen LogP contribution in [-0.4, -0.2) is 6.18 Å². The minimum absolute atomic E-state index is 0.327. The first-order chi connectivity index (χ1) is 7.18. The van der Waals surface area contributed by atoms with Crippen LogP contribution in [0.4, 0.5) is 26.3 Å². The summed E-state index contributed by atoms with van der Waals surface area (Å²) in [6, 6.07) is 3.41. The van der Waals surface area contributed by atoms with E-state index in [0.29, 0.717) is 6.07 Å². The lowest BCUT2D eigenvalue weighted by Gasteiger charge is -2.05.